The second-order valence-corrected chi connectivity index (χ2v) is 17.2. The molecule has 2 heterocycles. The van der Waals surface area contributed by atoms with E-state index in [1.165, 1.54) is 18.2 Å². The third-order valence-corrected chi connectivity index (χ3v) is 15.0. The van der Waals surface area contributed by atoms with Crippen LogP contribution >= 0.6 is 11.6 Å². The fraction of sp³-hybridized carbons (Fsp3) is 0.600. The van der Waals surface area contributed by atoms with Crippen LogP contribution in [0.25, 0.3) is 11.3 Å². The predicted octanol–water partition coefficient (Wildman–Crippen LogP) is 7.56. The minimum atomic E-state index is -4.58. The van der Waals surface area contributed by atoms with Crippen molar-refractivity contribution in [2.45, 2.75) is 83.6 Å². The largest absolute Gasteiger partial charge is 0.453 e. The summed E-state index contributed by atoms with van der Waals surface area (Å²) in [5, 5.41) is 23.8. The van der Waals surface area contributed by atoms with E-state index in [0.717, 1.165) is 37.8 Å². The average molecular weight is 727 g/mol. The molecule has 1 unspecified atom stereocenters. The van der Waals surface area contributed by atoms with Crippen LogP contribution < -0.4 is 0 Å². The zero-order valence-electron chi connectivity index (χ0n) is 29.4. The van der Waals surface area contributed by atoms with Crippen molar-refractivity contribution in [1.29, 1.82) is 0 Å². The summed E-state index contributed by atoms with van der Waals surface area (Å²) < 4.78 is 46.9. The molecule has 274 valence electrons. The molecule has 2 bridgehead atoms. The van der Waals surface area contributed by atoms with Crippen LogP contribution in [0.1, 0.15) is 81.8 Å². The SMILES string of the molecule is CC(=O)N1CCN(C[C@]2(O)CC[C@H]3[C@]45C=C[C@@]6(C=C4C(=O)c4ccc(-c7cc(C(F)(F)F)ccc7Cl)o4)CC(O)CC[C@]6(C)[C@H]5CC[C@@]32C)CC1. The van der Waals surface area contributed by atoms with Crippen LogP contribution in [0.15, 0.2) is 58.6 Å². The summed E-state index contributed by atoms with van der Waals surface area (Å²) in [6.07, 6.45) is 6.41. The summed E-state index contributed by atoms with van der Waals surface area (Å²) in [7, 11) is 0. The second kappa shape index (κ2) is 11.5. The minimum Gasteiger partial charge on any atom is -0.453 e. The Balaban J connectivity index is 1.18. The number of Topliss-reactive ketones (excluding diaryl/α,β-unsaturated/α-hetero) is 1. The number of alkyl halides is 3. The number of ketones is 1. The number of piperazine rings is 1. The van der Waals surface area contributed by atoms with Crippen molar-refractivity contribution in [2.75, 3.05) is 32.7 Å². The van der Waals surface area contributed by atoms with E-state index in [-0.39, 0.29) is 51.0 Å². The summed E-state index contributed by atoms with van der Waals surface area (Å²) in [5.74, 6) is -0.139. The summed E-state index contributed by atoms with van der Waals surface area (Å²) in [6, 6.07) is 6.06. The third-order valence-electron chi connectivity index (χ3n) is 14.6. The number of nitrogens with zero attached hydrogens (tertiary/aromatic N) is 2. The van der Waals surface area contributed by atoms with Crippen LogP contribution in [0.4, 0.5) is 13.2 Å². The van der Waals surface area contributed by atoms with Gasteiger partial charge in [-0.1, -0.05) is 43.7 Å². The van der Waals surface area contributed by atoms with Crippen molar-refractivity contribution in [3.63, 3.8) is 0 Å². The number of benzene rings is 1. The van der Waals surface area contributed by atoms with Crippen molar-refractivity contribution in [3.8, 4) is 11.3 Å². The molecule has 0 radical (unpaired) electrons. The van der Waals surface area contributed by atoms with Gasteiger partial charge in [-0.2, -0.15) is 13.2 Å². The molecule has 1 aromatic carbocycles. The molecule has 9 rings (SSSR count). The molecular formula is C40H46ClF3N2O5. The van der Waals surface area contributed by atoms with Crippen molar-refractivity contribution in [1.82, 2.24) is 9.80 Å². The Morgan fingerprint density at radius 3 is 2.35 bits per heavy atom. The summed E-state index contributed by atoms with van der Waals surface area (Å²) >= 11 is 6.36. The zero-order valence-corrected chi connectivity index (χ0v) is 30.1. The van der Waals surface area contributed by atoms with E-state index < -0.39 is 39.7 Å². The quantitative estimate of drug-likeness (QED) is 0.244. The van der Waals surface area contributed by atoms with Gasteiger partial charge in [0.2, 0.25) is 11.7 Å². The average Bonchev–Trinajstić information content (AvgIpc) is 3.67. The maximum Gasteiger partial charge on any atom is 0.416 e. The number of aliphatic hydroxyl groups is 2. The Kier molecular flexibility index (Phi) is 7.95. The molecule has 7 nitrogen and oxygen atoms in total. The van der Waals surface area contributed by atoms with Crippen LogP contribution in [0.5, 0.6) is 0 Å². The number of β-amino-alcohol motifs (C(OH)–C–C–N with tert-alkyl or cyclic N) is 1. The predicted molar refractivity (Wildman–Crippen MR) is 186 cm³/mol. The van der Waals surface area contributed by atoms with Gasteiger partial charge in [0, 0.05) is 67.0 Å². The molecule has 2 spiro atoms. The molecule has 1 saturated heterocycles. The van der Waals surface area contributed by atoms with E-state index in [4.69, 9.17) is 16.0 Å². The van der Waals surface area contributed by atoms with E-state index in [1.54, 1.807) is 6.92 Å². The van der Waals surface area contributed by atoms with Gasteiger partial charge in [-0.25, -0.2) is 0 Å². The van der Waals surface area contributed by atoms with Crippen LogP contribution in [0.3, 0.4) is 0 Å². The highest BCUT2D eigenvalue weighted by atomic mass is 35.5. The number of aliphatic hydroxyl groups excluding tert-OH is 1. The third kappa shape index (κ3) is 4.95. The molecule has 6 aliphatic carbocycles. The Morgan fingerprint density at radius 2 is 1.65 bits per heavy atom. The van der Waals surface area contributed by atoms with Gasteiger partial charge >= 0.3 is 6.18 Å². The molecule has 7 aliphatic rings. The molecule has 8 atom stereocenters. The number of carbonyl (C=O) groups excluding carboxylic acids is 2. The first-order valence-electron chi connectivity index (χ1n) is 18.3. The van der Waals surface area contributed by atoms with Crippen LogP contribution in [-0.2, 0) is 11.0 Å². The summed E-state index contributed by atoms with van der Waals surface area (Å²) in [6.45, 7) is 9.24. The Labute approximate surface area is 301 Å². The van der Waals surface area contributed by atoms with Gasteiger partial charge in [-0.3, -0.25) is 14.5 Å². The lowest BCUT2D eigenvalue weighted by molar-refractivity contribution is -0.177. The smallest absolute Gasteiger partial charge is 0.416 e. The van der Waals surface area contributed by atoms with Crippen molar-refractivity contribution in [3.05, 3.63) is 70.5 Å². The van der Waals surface area contributed by atoms with E-state index in [2.05, 4.69) is 37.0 Å². The maximum atomic E-state index is 14.9. The van der Waals surface area contributed by atoms with Gasteiger partial charge in [0.15, 0.2) is 5.76 Å². The first kappa shape index (κ1) is 35.1. The molecule has 51 heavy (non-hydrogen) atoms. The van der Waals surface area contributed by atoms with Gasteiger partial charge in [0.05, 0.1) is 22.3 Å². The number of rotatable bonds is 5. The Bertz CT molecular complexity index is 1850. The highest BCUT2D eigenvalue weighted by Crippen LogP contribution is 2.78. The number of fused-ring (bicyclic) bond motifs is 1. The lowest BCUT2D eigenvalue weighted by Gasteiger charge is -2.71. The van der Waals surface area contributed by atoms with Gasteiger partial charge in [-0.05, 0) is 92.5 Å². The van der Waals surface area contributed by atoms with Crippen molar-refractivity contribution >= 4 is 23.3 Å². The first-order chi connectivity index (χ1) is 24.0. The number of amides is 1. The monoisotopic (exact) mass is 726 g/mol. The number of furan rings is 1. The minimum absolute atomic E-state index is 0.0251. The number of carbonyl (C=O) groups is 2. The molecule has 1 aliphatic heterocycles. The highest BCUT2D eigenvalue weighted by molar-refractivity contribution is 6.33. The Morgan fingerprint density at radius 1 is 0.961 bits per heavy atom. The molecule has 11 heteroatoms. The van der Waals surface area contributed by atoms with Crippen molar-refractivity contribution in [2.24, 2.45) is 33.5 Å². The van der Waals surface area contributed by atoms with Gasteiger partial charge < -0.3 is 19.5 Å². The highest BCUT2D eigenvalue weighted by Gasteiger charge is 2.74. The van der Waals surface area contributed by atoms with E-state index in [9.17, 15) is 33.0 Å². The van der Waals surface area contributed by atoms with Gasteiger partial charge in [-0.15, -0.1) is 0 Å². The number of allylic oxidation sites excluding steroid dienone is 4. The van der Waals surface area contributed by atoms with Crippen LogP contribution in [0, 0.1) is 33.5 Å². The lowest BCUT2D eigenvalue weighted by Crippen LogP contribution is -2.67. The number of hydrogen-bond donors (Lipinski definition) is 2. The molecule has 1 aromatic heterocycles. The van der Waals surface area contributed by atoms with Gasteiger partial charge in [0.25, 0.3) is 0 Å². The molecule has 1 amide bonds. The van der Waals surface area contributed by atoms with E-state index in [0.29, 0.717) is 57.6 Å². The topological polar surface area (TPSA) is 94.2 Å². The fourth-order valence-electron chi connectivity index (χ4n) is 11.8. The Hall–Kier alpha value is -2.92. The summed E-state index contributed by atoms with van der Waals surface area (Å²) in [5.41, 5.74) is -3.20. The standard InChI is InChI=1S/C40H46ClF3N2O5/c1-24(47)46-18-16-45(17-19-46)23-38(50)13-10-33-36(38,3)12-9-32-35(2)11-8-26(48)21-37(35)14-15-39(32,33)28(22-37)34(49)31-7-6-30(51-31)27-20-25(40(42,43)44)4-5-29(27)41/h4-7,14-15,20,22,26,32-33,48,50H,8-13,16-19,21,23H2,1-3H3/t26?,32-,33-,35-,36+,37+,38-,39-/m1/s1. The lowest BCUT2D eigenvalue weighted by atomic mass is 9.32. The first-order valence-corrected chi connectivity index (χ1v) is 18.7. The fourth-order valence-corrected chi connectivity index (χ4v) is 12.0. The molecule has 2 N–H and O–H groups in total. The van der Waals surface area contributed by atoms with E-state index in [1.807, 2.05) is 4.90 Å². The van der Waals surface area contributed by atoms with E-state index >= 15 is 0 Å². The normalized spacial score (nSPS) is 39.0. The summed E-state index contributed by atoms with van der Waals surface area (Å²) in [4.78, 5) is 31.0. The maximum absolute atomic E-state index is 14.9. The van der Waals surface area contributed by atoms with Gasteiger partial charge in [0.1, 0.15) is 5.76 Å². The number of halogens is 4. The van der Waals surface area contributed by atoms with Crippen molar-refractivity contribution < 1.29 is 37.4 Å². The second-order valence-electron chi connectivity index (χ2n) is 16.8. The molecule has 4 fully saturated rings. The molecule has 2 aromatic rings. The van der Waals surface area contributed by atoms with Crippen LogP contribution in [0.2, 0.25) is 5.02 Å². The number of hydrogen-bond acceptors (Lipinski definition) is 6. The van der Waals surface area contributed by atoms with Crippen LogP contribution in [-0.4, -0.2) is 76.1 Å². The molecule has 3 saturated carbocycles. The zero-order chi connectivity index (χ0) is 36.4. The molecular weight excluding hydrogens is 681 g/mol.